The second-order valence-corrected chi connectivity index (χ2v) is 7.69. The Kier molecular flexibility index (Phi) is 5.21. The molecule has 0 aliphatic carbocycles. The van der Waals surface area contributed by atoms with Crippen molar-refractivity contribution in [2.45, 2.75) is 12.8 Å². The zero-order valence-corrected chi connectivity index (χ0v) is 16.5. The molecule has 3 aromatic carbocycles. The minimum Gasteiger partial charge on any atom is -0.294 e. The van der Waals surface area contributed by atoms with Gasteiger partial charge in [-0.2, -0.15) is 0 Å². The standard InChI is InChI=1S/C26H26NO/c1-19-24(20-12-6-3-7-13-20)23(26(28)22-16-10-5-11-17-22)18-27(2)25(19)21-14-8-4-9-15-21/h3-17,19,23-24H,18H2,1-2H3/q+1/t19-,23-,24-/m1/s1. The van der Waals surface area contributed by atoms with Gasteiger partial charge < -0.3 is 0 Å². The van der Waals surface area contributed by atoms with Crippen LogP contribution in [0.15, 0.2) is 91.0 Å². The maximum atomic E-state index is 13.5. The van der Waals surface area contributed by atoms with Crippen molar-refractivity contribution in [1.29, 1.82) is 0 Å². The van der Waals surface area contributed by atoms with E-state index < -0.39 is 0 Å². The van der Waals surface area contributed by atoms with Gasteiger partial charge in [0.25, 0.3) is 0 Å². The summed E-state index contributed by atoms with van der Waals surface area (Å²) < 4.78 is 2.28. The Morgan fingerprint density at radius 2 is 1.36 bits per heavy atom. The highest BCUT2D eigenvalue weighted by atomic mass is 16.1. The number of carbonyl (C=O) groups excluding carboxylic acids is 1. The van der Waals surface area contributed by atoms with E-state index in [9.17, 15) is 4.79 Å². The Hall–Kier alpha value is -3.00. The van der Waals surface area contributed by atoms with Gasteiger partial charge in [0.05, 0.1) is 5.92 Å². The first-order valence-corrected chi connectivity index (χ1v) is 9.94. The summed E-state index contributed by atoms with van der Waals surface area (Å²) in [5.74, 6) is 0.555. The van der Waals surface area contributed by atoms with Crippen LogP contribution in [0.4, 0.5) is 0 Å². The Balaban J connectivity index is 1.81. The van der Waals surface area contributed by atoms with E-state index in [2.05, 4.69) is 67.1 Å². The van der Waals surface area contributed by atoms with Crippen LogP contribution in [0.3, 0.4) is 0 Å². The van der Waals surface area contributed by atoms with Gasteiger partial charge in [-0.15, -0.1) is 0 Å². The summed E-state index contributed by atoms with van der Waals surface area (Å²) >= 11 is 0. The van der Waals surface area contributed by atoms with Crippen molar-refractivity contribution in [3.8, 4) is 0 Å². The van der Waals surface area contributed by atoms with Gasteiger partial charge in [-0.25, -0.2) is 4.58 Å². The fourth-order valence-electron chi connectivity index (χ4n) is 4.72. The van der Waals surface area contributed by atoms with Crippen molar-refractivity contribution in [3.63, 3.8) is 0 Å². The summed E-state index contributed by atoms with van der Waals surface area (Å²) in [6, 6.07) is 30.8. The van der Waals surface area contributed by atoms with Gasteiger partial charge in [-0.1, -0.05) is 85.8 Å². The number of Topliss-reactive ketones (excluding diaryl/α,β-unsaturated/α-hetero) is 1. The van der Waals surface area contributed by atoms with Gasteiger partial charge in [0.15, 0.2) is 18.0 Å². The predicted octanol–water partition coefficient (Wildman–Crippen LogP) is 5.05. The monoisotopic (exact) mass is 368 g/mol. The zero-order chi connectivity index (χ0) is 19.5. The second kappa shape index (κ2) is 7.93. The van der Waals surface area contributed by atoms with Crippen LogP contribution in [-0.4, -0.2) is 29.7 Å². The number of hydrogen-bond donors (Lipinski definition) is 0. The molecule has 0 bridgehead atoms. The third-order valence-corrected chi connectivity index (χ3v) is 5.93. The molecule has 3 atom stereocenters. The van der Waals surface area contributed by atoms with Gasteiger partial charge >= 0.3 is 0 Å². The van der Waals surface area contributed by atoms with Crippen molar-refractivity contribution >= 4 is 11.5 Å². The quantitative estimate of drug-likeness (QED) is 0.466. The van der Waals surface area contributed by atoms with Gasteiger partial charge in [0, 0.05) is 23.0 Å². The summed E-state index contributed by atoms with van der Waals surface area (Å²) in [5, 5.41) is 0. The zero-order valence-electron chi connectivity index (χ0n) is 16.5. The Labute approximate surface area is 167 Å². The molecule has 4 rings (SSSR count). The summed E-state index contributed by atoms with van der Waals surface area (Å²) in [7, 11) is 2.12. The number of carbonyl (C=O) groups is 1. The molecule has 1 aliphatic rings. The minimum absolute atomic E-state index is 0.0720. The van der Waals surface area contributed by atoms with Gasteiger partial charge in [-0.05, 0) is 17.7 Å². The minimum atomic E-state index is -0.0720. The highest BCUT2D eigenvalue weighted by Gasteiger charge is 2.44. The lowest BCUT2D eigenvalue weighted by Gasteiger charge is -2.34. The van der Waals surface area contributed by atoms with E-state index in [-0.39, 0.29) is 23.5 Å². The van der Waals surface area contributed by atoms with Gasteiger partial charge in [0.1, 0.15) is 7.05 Å². The van der Waals surface area contributed by atoms with E-state index in [0.29, 0.717) is 0 Å². The molecule has 0 amide bonds. The van der Waals surface area contributed by atoms with E-state index in [1.807, 2.05) is 42.5 Å². The third-order valence-electron chi connectivity index (χ3n) is 5.93. The largest absolute Gasteiger partial charge is 0.294 e. The molecule has 28 heavy (non-hydrogen) atoms. The maximum Gasteiger partial charge on any atom is 0.186 e. The van der Waals surface area contributed by atoms with Crippen LogP contribution in [0.5, 0.6) is 0 Å². The van der Waals surface area contributed by atoms with Crippen LogP contribution in [0.25, 0.3) is 0 Å². The highest BCUT2D eigenvalue weighted by molar-refractivity contribution is 6.03. The topological polar surface area (TPSA) is 20.1 Å². The first kappa shape index (κ1) is 18.4. The molecule has 0 unspecified atom stereocenters. The van der Waals surface area contributed by atoms with Crippen LogP contribution >= 0.6 is 0 Å². The fourth-order valence-corrected chi connectivity index (χ4v) is 4.72. The van der Waals surface area contributed by atoms with Crippen LogP contribution < -0.4 is 0 Å². The van der Waals surface area contributed by atoms with Crippen LogP contribution in [0.1, 0.15) is 34.3 Å². The van der Waals surface area contributed by atoms with Crippen molar-refractivity contribution in [1.82, 2.24) is 0 Å². The molecule has 1 heterocycles. The lowest BCUT2D eigenvalue weighted by Crippen LogP contribution is -2.44. The Bertz CT molecular complexity index is 977. The Morgan fingerprint density at radius 1 is 0.821 bits per heavy atom. The molecule has 0 aromatic heterocycles. The molecular weight excluding hydrogens is 342 g/mol. The van der Waals surface area contributed by atoms with Crippen molar-refractivity contribution < 1.29 is 9.37 Å². The molecule has 0 saturated carbocycles. The average molecular weight is 368 g/mol. The SMILES string of the molecule is C[C@H]1C(c2ccccc2)=[N+](C)C[C@@H](C(=O)c2ccccc2)[C@H]1c1ccccc1. The lowest BCUT2D eigenvalue weighted by atomic mass is 9.69. The molecule has 0 saturated heterocycles. The summed E-state index contributed by atoms with van der Waals surface area (Å²) in [6.45, 7) is 2.99. The maximum absolute atomic E-state index is 13.5. The first-order valence-electron chi connectivity index (χ1n) is 9.94. The van der Waals surface area contributed by atoms with Gasteiger partial charge in [0.2, 0.25) is 0 Å². The normalized spacial score (nSPS) is 22.1. The number of ketones is 1. The van der Waals surface area contributed by atoms with Crippen LogP contribution in [-0.2, 0) is 0 Å². The van der Waals surface area contributed by atoms with E-state index in [1.165, 1.54) is 16.8 Å². The lowest BCUT2D eigenvalue weighted by molar-refractivity contribution is -0.510. The van der Waals surface area contributed by atoms with Gasteiger partial charge in [-0.3, -0.25) is 4.79 Å². The number of hydrogen-bond acceptors (Lipinski definition) is 1. The molecule has 0 radical (unpaired) electrons. The van der Waals surface area contributed by atoms with E-state index in [0.717, 1.165) is 12.1 Å². The summed E-state index contributed by atoms with van der Waals surface area (Å²) in [5.41, 5.74) is 4.60. The first-order chi connectivity index (χ1) is 13.7. The molecule has 0 N–H and O–H groups in total. The second-order valence-electron chi connectivity index (χ2n) is 7.69. The smallest absolute Gasteiger partial charge is 0.186 e. The fraction of sp³-hybridized carbons (Fsp3) is 0.231. The van der Waals surface area contributed by atoms with Crippen molar-refractivity contribution in [2.75, 3.05) is 13.6 Å². The highest BCUT2D eigenvalue weighted by Crippen LogP contribution is 2.39. The molecule has 3 aromatic rings. The molecule has 2 heteroatoms. The predicted molar refractivity (Wildman–Crippen MR) is 114 cm³/mol. The summed E-state index contributed by atoms with van der Waals surface area (Å²) in [4.78, 5) is 13.5. The van der Waals surface area contributed by atoms with E-state index in [4.69, 9.17) is 0 Å². The number of benzene rings is 3. The summed E-state index contributed by atoms with van der Waals surface area (Å²) in [6.07, 6.45) is 0. The van der Waals surface area contributed by atoms with Crippen LogP contribution in [0.2, 0.25) is 0 Å². The molecule has 140 valence electrons. The van der Waals surface area contributed by atoms with Crippen molar-refractivity contribution in [2.24, 2.45) is 11.8 Å². The molecule has 0 fully saturated rings. The van der Waals surface area contributed by atoms with E-state index in [1.54, 1.807) is 0 Å². The average Bonchev–Trinajstić information content (AvgIpc) is 2.75. The molecular formula is C26H26NO+. The Morgan fingerprint density at radius 3 is 1.96 bits per heavy atom. The van der Waals surface area contributed by atoms with E-state index >= 15 is 0 Å². The molecule has 0 spiro atoms. The van der Waals surface area contributed by atoms with Crippen molar-refractivity contribution in [3.05, 3.63) is 108 Å². The number of rotatable bonds is 4. The third kappa shape index (κ3) is 3.43. The van der Waals surface area contributed by atoms with Crippen LogP contribution in [0, 0.1) is 11.8 Å². The molecule has 2 nitrogen and oxygen atoms in total. The molecule has 1 aliphatic heterocycles. The number of nitrogens with zero attached hydrogens (tertiary/aromatic N) is 1.